The maximum absolute atomic E-state index is 11.8. The summed E-state index contributed by atoms with van der Waals surface area (Å²) in [5, 5.41) is 66.2. The van der Waals surface area contributed by atoms with E-state index in [1.807, 2.05) is 36.4 Å². The average Bonchev–Trinajstić information content (AvgIpc) is 2.85. The first kappa shape index (κ1) is 32.2. The molecule has 6 N–H and O–H groups in total. The first-order valence-corrected chi connectivity index (χ1v) is 13.4. The first-order valence-electron chi connectivity index (χ1n) is 13.4. The molecule has 0 aliphatic rings. The third kappa shape index (κ3) is 7.75. The highest BCUT2D eigenvalue weighted by atomic mass is 16.4. The van der Waals surface area contributed by atoms with E-state index in [4.69, 9.17) is 0 Å². The molecule has 2 rings (SSSR count). The molecule has 0 aliphatic carbocycles. The minimum absolute atomic E-state index is 0.00109. The summed E-state index contributed by atoms with van der Waals surface area (Å²) in [5.74, 6) is 0. The Kier molecular flexibility index (Phi) is 10.5. The van der Waals surface area contributed by atoms with Gasteiger partial charge in [-0.15, -0.1) is 0 Å². The maximum Gasteiger partial charge on any atom is 0.126 e. The largest absolute Gasteiger partial charge is 0.394 e. The van der Waals surface area contributed by atoms with Gasteiger partial charge in [0.1, 0.15) is 29.5 Å². The van der Waals surface area contributed by atoms with Gasteiger partial charge in [-0.2, -0.15) is 0 Å². The summed E-state index contributed by atoms with van der Waals surface area (Å²) < 4.78 is 0. The fourth-order valence-corrected chi connectivity index (χ4v) is 4.79. The van der Waals surface area contributed by atoms with Crippen LogP contribution in [-0.2, 0) is 23.7 Å². The topological polar surface area (TPSA) is 121 Å². The van der Waals surface area contributed by atoms with Gasteiger partial charge in [-0.25, -0.2) is 0 Å². The molecule has 2 aromatic rings. The molecular formula is C32H48O6. The average molecular weight is 529 g/mol. The summed E-state index contributed by atoms with van der Waals surface area (Å²) in [6.07, 6.45) is -2.34. The van der Waals surface area contributed by atoms with Gasteiger partial charge >= 0.3 is 0 Å². The number of aliphatic hydroxyl groups excluding tert-OH is 4. The minimum Gasteiger partial charge on any atom is -0.394 e. The van der Waals surface area contributed by atoms with E-state index in [1.54, 1.807) is 31.2 Å². The Morgan fingerprint density at radius 3 is 1.50 bits per heavy atom. The Morgan fingerprint density at radius 1 is 0.711 bits per heavy atom. The van der Waals surface area contributed by atoms with Gasteiger partial charge in [0.25, 0.3) is 0 Å². The van der Waals surface area contributed by atoms with Crippen LogP contribution in [0.3, 0.4) is 0 Å². The molecule has 0 spiro atoms. The SMILES string of the molecule is C/C=C/CC(O)(Cc1ccc(C(C)(C)C)cc1)[C@@H](O)[C@@](O)(Cc1ccc(C(C)(C)C)cc1)[C@H](O)[C@@H](O)CO. The first-order chi connectivity index (χ1) is 17.5. The van der Waals surface area contributed by atoms with Crippen molar-refractivity contribution in [2.75, 3.05) is 6.61 Å². The van der Waals surface area contributed by atoms with Crippen molar-refractivity contribution >= 4 is 0 Å². The summed E-state index contributed by atoms with van der Waals surface area (Å²) in [4.78, 5) is 0. The zero-order valence-corrected chi connectivity index (χ0v) is 24.0. The van der Waals surface area contributed by atoms with Crippen LogP contribution in [0.15, 0.2) is 60.7 Å². The molecule has 0 aromatic heterocycles. The smallest absolute Gasteiger partial charge is 0.126 e. The molecule has 0 saturated carbocycles. The molecule has 0 saturated heterocycles. The predicted octanol–water partition coefficient (Wildman–Crippen LogP) is 3.57. The van der Waals surface area contributed by atoms with Crippen LogP contribution < -0.4 is 0 Å². The predicted molar refractivity (Wildman–Crippen MR) is 152 cm³/mol. The lowest BCUT2D eigenvalue weighted by Gasteiger charge is -2.46. The van der Waals surface area contributed by atoms with E-state index in [2.05, 4.69) is 41.5 Å². The molecule has 0 bridgehead atoms. The fraction of sp³-hybridized carbons (Fsp3) is 0.562. The van der Waals surface area contributed by atoms with Gasteiger partial charge in [0.05, 0.1) is 6.61 Å². The zero-order chi connectivity index (χ0) is 28.9. The van der Waals surface area contributed by atoms with Gasteiger partial charge < -0.3 is 30.6 Å². The maximum atomic E-state index is 11.8. The van der Waals surface area contributed by atoms with Gasteiger partial charge in [0.15, 0.2) is 0 Å². The summed E-state index contributed by atoms with van der Waals surface area (Å²) in [6.45, 7) is 13.5. The van der Waals surface area contributed by atoms with Crippen LogP contribution in [-0.4, -0.2) is 66.8 Å². The van der Waals surface area contributed by atoms with Crippen molar-refractivity contribution in [3.05, 3.63) is 82.9 Å². The molecule has 212 valence electrons. The molecule has 2 aromatic carbocycles. The van der Waals surface area contributed by atoms with Crippen molar-refractivity contribution < 1.29 is 30.6 Å². The van der Waals surface area contributed by atoms with E-state index in [1.165, 1.54) is 0 Å². The van der Waals surface area contributed by atoms with Crippen LogP contribution in [0.2, 0.25) is 0 Å². The van der Waals surface area contributed by atoms with Gasteiger partial charge in [0, 0.05) is 12.8 Å². The van der Waals surface area contributed by atoms with Crippen molar-refractivity contribution in [1.29, 1.82) is 0 Å². The Labute approximate surface area is 228 Å². The van der Waals surface area contributed by atoms with Gasteiger partial charge in [-0.1, -0.05) is 102 Å². The summed E-state index contributed by atoms with van der Waals surface area (Å²) in [6, 6.07) is 15.2. The highest BCUT2D eigenvalue weighted by Crippen LogP contribution is 2.35. The van der Waals surface area contributed by atoms with Crippen LogP contribution in [0.25, 0.3) is 0 Å². The van der Waals surface area contributed by atoms with Crippen molar-refractivity contribution in [3.63, 3.8) is 0 Å². The van der Waals surface area contributed by atoms with Crippen LogP contribution in [0.4, 0.5) is 0 Å². The number of hydrogen-bond donors (Lipinski definition) is 6. The number of rotatable bonds is 11. The molecular weight excluding hydrogens is 480 g/mol. The van der Waals surface area contributed by atoms with Crippen LogP contribution in [0.5, 0.6) is 0 Å². The summed E-state index contributed by atoms with van der Waals surface area (Å²) in [7, 11) is 0. The van der Waals surface area contributed by atoms with Gasteiger partial charge in [0.2, 0.25) is 0 Å². The molecule has 0 fully saturated rings. The summed E-state index contributed by atoms with van der Waals surface area (Å²) >= 11 is 0. The lowest BCUT2D eigenvalue weighted by molar-refractivity contribution is -0.228. The van der Waals surface area contributed by atoms with E-state index >= 15 is 0 Å². The van der Waals surface area contributed by atoms with Crippen molar-refractivity contribution in [2.24, 2.45) is 0 Å². The zero-order valence-electron chi connectivity index (χ0n) is 24.0. The Hall–Kier alpha value is -2.06. The number of hydrogen-bond acceptors (Lipinski definition) is 6. The lowest BCUT2D eigenvalue weighted by atomic mass is 9.71. The second kappa shape index (κ2) is 12.4. The minimum atomic E-state index is -2.37. The molecule has 6 nitrogen and oxygen atoms in total. The van der Waals surface area contributed by atoms with Gasteiger partial charge in [-0.05, 0) is 46.4 Å². The third-order valence-electron chi connectivity index (χ3n) is 7.39. The molecule has 0 radical (unpaired) electrons. The molecule has 1 unspecified atom stereocenters. The van der Waals surface area contributed by atoms with Crippen LogP contribution in [0.1, 0.15) is 77.1 Å². The number of allylic oxidation sites excluding steroid dienone is 1. The highest BCUT2D eigenvalue weighted by molar-refractivity contribution is 5.31. The third-order valence-corrected chi connectivity index (χ3v) is 7.39. The molecule has 6 heteroatoms. The van der Waals surface area contributed by atoms with E-state index < -0.39 is 36.1 Å². The van der Waals surface area contributed by atoms with Crippen LogP contribution >= 0.6 is 0 Å². The van der Waals surface area contributed by atoms with Crippen molar-refractivity contribution in [2.45, 2.75) is 108 Å². The highest BCUT2D eigenvalue weighted by Gasteiger charge is 2.54. The van der Waals surface area contributed by atoms with E-state index in [0.29, 0.717) is 5.56 Å². The van der Waals surface area contributed by atoms with E-state index in [9.17, 15) is 30.6 Å². The van der Waals surface area contributed by atoms with Gasteiger partial charge in [-0.3, -0.25) is 0 Å². The monoisotopic (exact) mass is 528 g/mol. The van der Waals surface area contributed by atoms with E-state index in [-0.39, 0.29) is 30.1 Å². The molecule has 0 amide bonds. The normalized spacial score (nSPS) is 18.6. The second-order valence-electron chi connectivity index (χ2n) is 12.7. The second-order valence-corrected chi connectivity index (χ2v) is 12.7. The van der Waals surface area contributed by atoms with Crippen molar-refractivity contribution in [1.82, 2.24) is 0 Å². The van der Waals surface area contributed by atoms with Crippen molar-refractivity contribution in [3.8, 4) is 0 Å². The summed E-state index contributed by atoms with van der Waals surface area (Å²) in [5.41, 5.74) is -0.841. The standard InChI is InChI=1S/C32H48O6/c1-8-9-18-31(37,19-22-10-14-24(15-11-22)29(2,3)4)28(36)32(38,27(35)26(34)21-33)20-23-12-16-25(17-13-23)30(5,6)7/h8-17,26-28,33-38H,18-21H2,1-7H3/b9-8+/t26-,27+,28+,31?,32+/m0/s1. The quantitative estimate of drug-likeness (QED) is 0.248. The Bertz CT molecular complexity index is 1030. The molecule has 38 heavy (non-hydrogen) atoms. The molecule has 0 heterocycles. The Balaban J connectivity index is 2.52. The molecule has 5 atom stereocenters. The number of aliphatic hydroxyl groups is 6. The Morgan fingerprint density at radius 2 is 1.13 bits per heavy atom. The number of benzene rings is 2. The molecule has 0 aliphatic heterocycles. The fourth-order valence-electron chi connectivity index (χ4n) is 4.79. The van der Waals surface area contributed by atoms with Crippen LogP contribution in [0, 0.1) is 0 Å². The lowest BCUT2D eigenvalue weighted by Crippen LogP contribution is -2.66. The van der Waals surface area contributed by atoms with E-state index in [0.717, 1.165) is 16.7 Å².